The van der Waals surface area contributed by atoms with Gasteiger partial charge in [-0.3, -0.25) is 0 Å². The molecule has 114 valence electrons. The van der Waals surface area contributed by atoms with E-state index in [4.69, 9.17) is 10.5 Å². The normalized spacial score (nSPS) is 23.0. The molecule has 1 aromatic carbocycles. The van der Waals surface area contributed by atoms with Crippen LogP contribution < -0.4 is 15.8 Å². The Bertz CT molecular complexity index is 498. The maximum Gasteiger partial charge on any atom is 0.314 e. The average molecular weight is 289 g/mol. The number of urea groups is 1. The van der Waals surface area contributed by atoms with Crippen LogP contribution in [-0.2, 0) is 0 Å². The number of rotatable bonds is 2. The number of carbonyl (C=O) groups excluding carboxylic acids is 1. The van der Waals surface area contributed by atoms with Gasteiger partial charge in [0.15, 0.2) is 0 Å². The van der Waals surface area contributed by atoms with E-state index >= 15 is 0 Å². The molecule has 0 aromatic heterocycles. The van der Waals surface area contributed by atoms with Gasteiger partial charge in [0.05, 0.1) is 6.61 Å². The highest BCUT2D eigenvalue weighted by Gasteiger charge is 2.26. The maximum atomic E-state index is 11.2. The predicted octanol–water partition coefficient (Wildman–Crippen LogP) is 2.03. The summed E-state index contributed by atoms with van der Waals surface area (Å²) < 4.78 is 5.81. The van der Waals surface area contributed by atoms with Crippen LogP contribution in [0.4, 0.5) is 4.79 Å². The third kappa shape index (κ3) is 3.29. The number of benzene rings is 1. The number of piperidine rings is 1. The van der Waals surface area contributed by atoms with Crippen molar-refractivity contribution in [3.05, 3.63) is 29.8 Å². The van der Waals surface area contributed by atoms with Crippen molar-refractivity contribution in [2.45, 2.75) is 37.8 Å². The molecule has 1 atom stereocenters. The number of nitrogens with one attached hydrogen (secondary N) is 1. The Morgan fingerprint density at radius 2 is 2.00 bits per heavy atom. The number of nitrogens with zero attached hydrogens (tertiary/aromatic N) is 1. The summed E-state index contributed by atoms with van der Waals surface area (Å²) in [5, 5.41) is 3.75. The highest BCUT2D eigenvalue weighted by Crippen LogP contribution is 2.32. The summed E-state index contributed by atoms with van der Waals surface area (Å²) in [6.07, 6.45) is 4.07. The number of amides is 2. The Kier molecular flexibility index (Phi) is 4.29. The zero-order valence-electron chi connectivity index (χ0n) is 12.3. The van der Waals surface area contributed by atoms with Gasteiger partial charge in [-0.2, -0.15) is 0 Å². The Hall–Kier alpha value is -1.75. The number of para-hydroxylation sites is 1. The van der Waals surface area contributed by atoms with Crippen LogP contribution >= 0.6 is 0 Å². The maximum absolute atomic E-state index is 11.2. The second kappa shape index (κ2) is 6.35. The van der Waals surface area contributed by atoms with Gasteiger partial charge in [0.1, 0.15) is 5.75 Å². The average Bonchev–Trinajstić information content (AvgIpc) is 2.71. The third-order valence-electron chi connectivity index (χ3n) is 4.43. The second-order valence-electron chi connectivity index (χ2n) is 5.85. The Labute approximate surface area is 125 Å². The molecule has 2 amide bonds. The molecule has 2 aliphatic rings. The molecule has 0 bridgehead atoms. The summed E-state index contributed by atoms with van der Waals surface area (Å²) >= 11 is 0. The van der Waals surface area contributed by atoms with Crippen LogP contribution in [0.5, 0.6) is 5.75 Å². The molecule has 0 radical (unpaired) electrons. The van der Waals surface area contributed by atoms with Gasteiger partial charge in [0.25, 0.3) is 0 Å². The summed E-state index contributed by atoms with van der Waals surface area (Å²) in [6.45, 7) is 2.28. The summed E-state index contributed by atoms with van der Waals surface area (Å²) in [6, 6.07) is 8.76. The summed E-state index contributed by atoms with van der Waals surface area (Å²) in [5.41, 5.74) is 6.59. The minimum absolute atomic E-state index is 0.304. The molecule has 0 spiro atoms. The van der Waals surface area contributed by atoms with E-state index in [1.807, 2.05) is 12.1 Å². The van der Waals surface area contributed by atoms with Gasteiger partial charge >= 0.3 is 6.03 Å². The minimum Gasteiger partial charge on any atom is -0.493 e. The zero-order chi connectivity index (χ0) is 14.7. The predicted molar refractivity (Wildman–Crippen MR) is 81.2 cm³/mol. The largest absolute Gasteiger partial charge is 0.493 e. The van der Waals surface area contributed by atoms with E-state index < -0.39 is 0 Å². The number of likely N-dealkylation sites (tertiary alicyclic amines) is 1. The molecule has 0 aliphatic carbocycles. The molecule has 2 aliphatic heterocycles. The molecule has 1 fully saturated rings. The van der Waals surface area contributed by atoms with E-state index in [0.717, 1.165) is 51.1 Å². The monoisotopic (exact) mass is 289 g/mol. The summed E-state index contributed by atoms with van der Waals surface area (Å²) in [5.74, 6) is 1.00. The van der Waals surface area contributed by atoms with Crippen molar-refractivity contribution in [1.82, 2.24) is 10.2 Å². The molecule has 1 aromatic rings. The van der Waals surface area contributed by atoms with Gasteiger partial charge < -0.3 is 20.7 Å². The number of primary amides is 1. The van der Waals surface area contributed by atoms with Gasteiger partial charge in [-0.25, -0.2) is 4.79 Å². The van der Waals surface area contributed by atoms with Crippen molar-refractivity contribution < 1.29 is 9.53 Å². The van der Waals surface area contributed by atoms with Gasteiger partial charge in [-0.05, 0) is 31.7 Å². The van der Waals surface area contributed by atoms with Crippen LogP contribution in [0.3, 0.4) is 0 Å². The van der Waals surface area contributed by atoms with Crippen molar-refractivity contribution in [2.75, 3.05) is 19.7 Å². The van der Waals surface area contributed by atoms with Crippen LogP contribution in [-0.4, -0.2) is 36.7 Å². The van der Waals surface area contributed by atoms with Crippen LogP contribution in [0, 0.1) is 0 Å². The van der Waals surface area contributed by atoms with Crippen LogP contribution in [0.1, 0.15) is 37.3 Å². The fourth-order valence-electron chi connectivity index (χ4n) is 3.25. The van der Waals surface area contributed by atoms with Gasteiger partial charge in [0, 0.05) is 30.7 Å². The molecule has 5 nitrogen and oxygen atoms in total. The standard InChI is InChI=1S/C16H23N3O2/c17-16(20)19-9-7-12(8-10-19)18-14-5-3-11-21-15-6-2-1-4-13(14)15/h1-2,4,6,12,14,18H,3,5,7-11H2,(H2,17,20)/t14-/m0/s1. The number of hydrogen-bond donors (Lipinski definition) is 2. The van der Waals surface area contributed by atoms with Crippen LogP contribution in [0.15, 0.2) is 24.3 Å². The number of carbonyl (C=O) groups is 1. The highest BCUT2D eigenvalue weighted by molar-refractivity contribution is 5.72. The van der Waals surface area contributed by atoms with Crippen molar-refractivity contribution in [1.29, 1.82) is 0 Å². The molecular formula is C16H23N3O2. The van der Waals surface area contributed by atoms with E-state index in [0.29, 0.717) is 12.1 Å². The number of hydrogen-bond acceptors (Lipinski definition) is 3. The second-order valence-corrected chi connectivity index (χ2v) is 5.85. The van der Waals surface area contributed by atoms with E-state index in [-0.39, 0.29) is 6.03 Å². The zero-order valence-corrected chi connectivity index (χ0v) is 12.3. The molecule has 1 saturated heterocycles. The van der Waals surface area contributed by atoms with E-state index in [9.17, 15) is 4.79 Å². The van der Waals surface area contributed by atoms with Crippen molar-refractivity contribution in [3.8, 4) is 5.75 Å². The topological polar surface area (TPSA) is 67.6 Å². The Morgan fingerprint density at radius 1 is 1.24 bits per heavy atom. The molecule has 3 N–H and O–H groups in total. The quantitative estimate of drug-likeness (QED) is 0.875. The van der Waals surface area contributed by atoms with Gasteiger partial charge in [0.2, 0.25) is 0 Å². The first-order valence-electron chi connectivity index (χ1n) is 7.76. The molecule has 2 heterocycles. The molecule has 0 unspecified atom stereocenters. The van der Waals surface area contributed by atoms with Crippen molar-refractivity contribution >= 4 is 6.03 Å². The smallest absolute Gasteiger partial charge is 0.314 e. The number of fused-ring (bicyclic) bond motifs is 1. The summed E-state index contributed by atoms with van der Waals surface area (Å²) in [7, 11) is 0. The lowest BCUT2D eigenvalue weighted by atomic mass is 9.98. The Morgan fingerprint density at radius 3 is 2.76 bits per heavy atom. The Balaban J connectivity index is 1.64. The first-order chi connectivity index (χ1) is 10.2. The fraction of sp³-hybridized carbons (Fsp3) is 0.562. The van der Waals surface area contributed by atoms with Crippen LogP contribution in [0.2, 0.25) is 0 Å². The highest BCUT2D eigenvalue weighted by atomic mass is 16.5. The van der Waals surface area contributed by atoms with Gasteiger partial charge in [-0.15, -0.1) is 0 Å². The molecule has 3 rings (SSSR count). The van der Waals surface area contributed by atoms with Crippen molar-refractivity contribution in [3.63, 3.8) is 0 Å². The van der Waals surface area contributed by atoms with E-state index in [1.165, 1.54) is 5.56 Å². The lowest BCUT2D eigenvalue weighted by Gasteiger charge is -2.33. The summed E-state index contributed by atoms with van der Waals surface area (Å²) in [4.78, 5) is 12.9. The van der Waals surface area contributed by atoms with Crippen LogP contribution in [0.25, 0.3) is 0 Å². The lowest BCUT2D eigenvalue weighted by molar-refractivity contribution is 0.181. The molecular weight excluding hydrogens is 266 g/mol. The first-order valence-corrected chi connectivity index (χ1v) is 7.76. The molecule has 0 saturated carbocycles. The van der Waals surface area contributed by atoms with E-state index in [1.54, 1.807) is 4.90 Å². The van der Waals surface area contributed by atoms with E-state index in [2.05, 4.69) is 17.4 Å². The fourth-order valence-corrected chi connectivity index (χ4v) is 3.25. The number of nitrogens with two attached hydrogens (primary N) is 1. The third-order valence-corrected chi connectivity index (χ3v) is 4.43. The molecule has 21 heavy (non-hydrogen) atoms. The minimum atomic E-state index is -0.304. The van der Waals surface area contributed by atoms with Gasteiger partial charge in [-0.1, -0.05) is 18.2 Å². The SMILES string of the molecule is NC(=O)N1CCC(N[C@H]2CCCOc3ccccc32)CC1. The lowest BCUT2D eigenvalue weighted by Crippen LogP contribution is -2.47. The molecule has 5 heteroatoms. The first kappa shape index (κ1) is 14.2. The van der Waals surface area contributed by atoms with Crippen molar-refractivity contribution in [2.24, 2.45) is 5.73 Å². The number of ether oxygens (including phenoxy) is 1.